The fraction of sp³-hybridized carbons (Fsp3) is 0.800. The number of rotatable bonds is 3. The predicted octanol–water partition coefficient (Wildman–Crippen LogP) is -1.05. The average molecular weight is 229 g/mol. The summed E-state index contributed by atoms with van der Waals surface area (Å²) in [6, 6.07) is -0.481. The highest BCUT2D eigenvalue weighted by Gasteiger charge is 2.21. The molecule has 92 valence electrons. The molecule has 3 N–H and O–H groups in total. The third kappa shape index (κ3) is 3.79. The molecule has 0 aromatic carbocycles. The highest BCUT2D eigenvalue weighted by molar-refractivity contribution is 5.81. The Morgan fingerprint density at radius 1 is 1.31 bits per heavy atom. The zero-order valence-electron chi connectivity index (χ0n) is 9.56. The SMILES string of the molecule is C[C@H](N)C(=O)N1CCCN(CC(=O)O)CC1. The molecule has 0 spiro atoms. The third-order valence-electron chi connectivity index (χ3n) is 2.65. The Morgan fingerprint density at radius 2 is 2.00 bits per heavy atom. The number of nitrogens with two attached hydrogens (primary N) is 1. The third-order valence-corrected chi connectivity index (χ3v) is 2.65. The summed E-state index contributed by atoms with van der Waals surface area (Å²) < 4.78 is 0. The van der Waals surface area contributed by atoms with Gasteiger partial charge >= 0.3 is 5.97 Å². The van der Waals surface area contributed by atoms with E-state index in [9.17, 15) is 9.59 Å². The molecule has 1 fully saturated rings. The van der Waals surface area contributed by atoms with E-state index in [1.165, 1.54) is 0 Å². The summed E-state index contributed by atoms with van der Waals surface area (Å²) in [4.78, 5) is 25.8. The molecule has 0 unspecified atom stereocenters. The molecule has 0 aromatic heterocycles. The van der Waals surface area contributed by atoms with E-state index in [0.29, 0.717) is 19.6 Å². The van der Waals surface area contributed by atoms with E-state index in [1.54, 1.807) is 11.8 Å². The van der Waals surface area contributed by atoms with Crippen LogP contribution in [0.4, 0.5) is 0 Å². The lowest BCUT2D eigenvalue weighted by Gasteiger charge is -2.22. The van der Waals surface area contributed by atoms with Gasteiger partial charge in [0.15, 0.2) is 0 Å². The van der Waals surface area contributed by atoms with Crippen molar-refractivity contribution in [2.75, 3.05) is 32.7 Å². The molecule has 1 atom stereocenters. The van der Waals surface area contributed by atoms with Crippen molar-refractivity contribution < 1.29 is 14.7 Å². The van der Waals surface area contributed by atoms with Crippen molar-refractivity contribution in [3.63, 3.8) is 0 Å². The summed E-state index contributed by atoms with van der Waals surface area (Å²) in [7, 11) is 0. The van der Waals surface area contributed by atoms with Crippen molar-refractivity contribution in [1.82, 2.24) is 9.80 Å². The number of carbonyl (C=O) groups excluding carboxylic acids is 1. The summed E-state index contributed by atoms with van der Waals surface area (Å²) in [6.45, 7) is 4.26. The number of carboxylic acid groups (broad SMARTS) is 1. The summed E-state index contributed by atoms with van der Waals surface area (Å²) >= 11 is 0. The number of aliphatic carboxylic acids is 1. The van der Waals surface area contributed by atoms with Gasteiger partial charge in [-0.15, -0.1) is 0 Å². The van der Waals surface area contributed by atoms with Gasteiger partial charge in [-0.05, 0) is 13.3 Å². The van der Waals surface area contributed by atoms with E-state index < -0.39 is 12.0 Å². The standard InChI is InChI=1S/C10H19N3O3/c1-8(11)10(16)13-4-2-3-12(5-6-13)7-9(14)15/h8H,2-7,11H2,1H3,(H,14,15)/t8-/m0/s1. The molecule has 1 rings (SSSR count). The molecule has 1 amide bonds. The van der Waals surface area contributed by atoms with E-state index in [1.807, 2.05) is 4.90 Å². The lowest BCUT2D eigenvalue weighted by Crippen LogP contribution is -2.44. The minimum atomic E-state index is -0.827. The largest absolute Gasteiger partial charge is 0.480 e. The van der Waals surface area contributed by atoms with Crippen molar-refractivity contribution in [2.45, 2.75) is 19.4 Å². The van der Waals surface area contributed by atoms with Crippen LogP contribution in [0.3, 0.4) is 0 Å². The second-order valence-corrected chi connectivity index (χ2v) is 4.14. The molecule has 6 heteroatoms. The van der Waals surface area contributed by atoms with Gasteiger partial charge in [0.05, 0.1) is 12.6 Å². The average Bonchev–Trinajstić information content (AvgIpc) is 2.41. The van der Waals surface area contributed by atoms with Gasteiger partial charge in [0.1, 0.15) is 0 Å². The zero-order valence-corrected chi connectivity index (χ0v) is 9.56. The van der Waals surface area contributed by atoms with Crippen LogP contribution in [0.5, 0.6) is 0 Å². The second kappa shape index (κ2) is 5.81. The summed E-state index contributed by atoms with van der Waals surface area (Å²) in [6.07, 6.45) is 0.797. The maximum atomic E-state index is 11.6. The monoisotopic (exact) mass is 229 g/mol. The summed E-state index contributed by atoms with van der Waals surface area (Å²) in [5, 5.41) is 8.68. The Labute approximate surface area is 95.0 Å². The number of carbonyl (C=O) groups is 2. The number of nitrogens with zero attached hydrogens (tertiary/aromatic N) is 2. The molecular weight excluding hydrogens is 210 g/mol. The van der Waals surface area contributed by atoms with Crippen LogP contribution in [0.15, 0.2) is 0 Å². The Balaban J connectivity index is 2.46. The minimum absolute atomic E-state index is 0.0419. The molecule has 1 aliphatic heterocycles. The Hall–Kier alpha value is -1.14. The van der Waals surface area contributed by atoms with Gasteiger partial charge in [0.25, 0.3) is 0 Å². The molecule has 0 radical (unpaired) electrons. The topological polar surface area (TPSA) is 86.9 Å². The number of hydrogen-bond acceptors (Lipinski definition) is 4. The Bertz CT molecular complexity index is 268. The van der Waals surface area contributed by atoms with Crippen LogP contribution in [0, 0.1) is 0 Å². The van der Waals surface area contributed by atoms with Crippen molar-refractivity contribution in [2.24, 2.45) is 5.73 Å². The number of amides is 1. The van der Waals surface area contributed by atoms with Gasteiger partial charge in [0.2, 0.25) is 5.91 Å². The number of carboxylic acids is 1. The molecule has 0 aromatic rings. The molecule has 1 saturated heterocycles. The molecule has 0 bridgehead atoms. The predicted molar refractivity (Wildman–Crippen MR) is 58.9 cm³/mol. The van der Waals surface area contributed by atoms with Crippen LogP contribution in [-0.2, 0) is 9.59 Å². The molecule has 1 heterocycles. The van der Waals surface area contributed by atoms with Crippen LogP contribution < -0.4 is 5.73 Å². The molecular formula is C10H19N3O3. The van der Waals surface area contributed by atoms with Crippen LogP contribution >= 0.6 is 0 Å². The number of hydrogen-bond donors (Lipinski definition) is 2. The highest BCUT2D eigenvalue weighted by atomic mass is 16.4. The van der Waals surface area contributed by atoms with Crippen molar-refractivity contribution in [3.05, 3.63) is 0 Å². The van der Waals surface area contributed by atoms with Crippen LogP contribution in [-0.4, -0.2) is 65.5 Å². The van der Waals surface area contributed by atoms with Crippen LogP contribution in [0.2, 0.25) is 0 Å². The van der Waals surface area contributed by atoms with Gasteiger partial charge in [-0.25, -0.2) is 0 Å². The molecule has 0 saturated carbocycles. The fourth-order valence-corrected chi connectivity index (χ4v) is 1.83. The van der Waals surface area contributed by atoms with E-state index >= 15 is 0 Å². The first kappa shape index (κ1) is 12.9. The second-order valence-electron chi connectivity index (χ2n) is 4.14. The maximum Gasteiger partial charge on any atom is 0.317 e. The van der Waals surface area contributed by atoms with Crippen LogP contribution in [0.1, 0.15) is 13.3 Å². The normalized spacial score (nSPS) is 20.2. The van der Waals surface area contributed by atoms with E-state index in [2.05, 4.69) is 0 Å². The van der Waals surface area contributed by atoms with Gasteiger partial charge in [-0.3, -0.25) is 14.5 Å². The van der Waals surface area contributed by atoms with Crippen molar-refractivity contribution in [3.8, 4) is 0 Å². The molecule has 0 aliphatic carbocycles. The molecule has 16 heavy (non-hydrogen) atoms. The van der Waals surface area contributed by atoms with Crippen molar-refractivity contribution >= 4 is 11.9 Å². The zero-order chi connectivity index (χ0) is 12.1. The van der Waals surface area contributed by atoms with E-state index in [0.717, 1.165) is 13.0 Å². The molecule has 1 aliphatic rings. The maximum absolute atomic E-state index is 11.6. The quantitative estimate of drug-likeness (QED) is 0.645. The Kier molecular flexibility index (Phi) is 4.70. The minimum Gasteiger partial charge on any atom is -0.480 e. The van der Waals surface area contributed by atoms with Gasteiger partial charge in [-0.1, -0.05) is 0 Å². The lowest BCUT2D eigenvalue weighted by molar-refractivity contribution is -0.138. The van der Waals surface area contributed by atoms with Gasteiger partial charge in [-0.2, -0.15) is 0 Å². The summed E-state index contributed by atoms with van der Waals surface area (Å²) in [5.74, 6) is -0.885. The van der Waals surface area contributed by atoms with Crippen LogP contribution in [0.25, 0.3) is 0 Å². The first-order valence-corrected chi connectivity index (χ1v) is 5.49. The van der Waals surface area contributed by atoms with Gasteiger partial charge < -0.3 is 15.7 Å². The summed E-state index contributed by atoms with van der Waals surface area (Å²) in [5.41, 5.74) is 5.53. The Morgan fingerprint density at radius 3 is 2.56 bits per heavy atom. The van der Waals surface area contributed by atoms with Gasteiger partial charge in [0, 0.05) is 26.2 Å². The van der Waals surface area contributed by atoms with E-state index in [-0.39, 0.29) is 12.5 Å². The smallest absolute Gasteiger partial charge is 0.317 e. The van der Waals surface area contributed by atoms with E-state index in [4.69, 9.17) is 10.8 Å². The van der Waals surface area contributed by atoms with Crippen molar-refractivity contribution in [1.29, 1.82) is 0 Å². The first-order valence-electron chi connectivity index (χ1n) is 5.49. The highest BCUT2D eigenvalue weighted by Crippen LogP contribution is 2.04. The first-order chi connectivity index (χ1) is 7.50. The molecule has 6 nitrogen and oxygen atoms in total. The fourth-order valence-electron chi connectivity index (χ4n) is 1.83. The lowest BCUT2D eigenvalue weighted by atomic mass is 10.3.